The number of likely N-dealkylation sites (tertiary alicyclic amines) is 1. The van der Waals surface area contributed by atoms with Crippen LogP contribution in [-0.4, -0.2) is 36.1 Å². The van der Waals surface area contributed by atoms with E-state index in [9.17, 15) is 0 Å². The van der Waals surface area contributed by atoms with Crippen LogP contribution in [-0.2, 0) is 13.0 Å². The summed E-state index contributed by atoms with van der Waals surface area (Å²) in [7, 11) is 2.23. The van der Waals surface area contributed by atoms with Crippen LogP contribution >= 0.6 is 0 Å². The van der Waals surface area contributed by atoms with Gasteiger partial charge in [-0.2, -0.15) is 0 Å². The Hall–Kier alpha value is -0.930. The molecule has 0 spiro atoms. The first-order valence-corrected chi connectivity index (χ1v) is 7.55. The van der Waals surface area contributed by atoms with Crippen LogP contribution in [0.15, 0.2) is 18.3 Å². The summed E-state index contributed by atoms with van der Waals surface area (Å²) in [4.78, 5) is 6.96. The van der Waals surface area contributed by atoms with Crippen molar-refractivity contribution in [1.82, 2.24) is 15.2 Å². The molecule has 2 atom stereocenters. The average molecular weight is 261 g/mol. The lowest BCUT2D eigenvalue weighted by atomic mass is 9.92. The first kappa shape index (κ1) is 14.5. The second kappa shape index (κ2) is 7.01. The lowest BCUT2D eigenvalue weighted by Gasteiger charge is -2.34. The number of pyridine rings is 1. The number of aromatic nitrogens is 1. The summed E-state index contributed by atoms with van der Waals surface area (Å²) in [6, 6.07) is 4.78. The van der Waals surface area contributed by atoms with Crippen LogP contribution in [0.25, 0.3) is 0 Å². The molecule has 1 aliphatic heterocycles. The molecule has 19 heavy (non-hydrogen) atoms. The zero-order valence-electron chi connectivity index (χ0n) is 12.5. The van der Waals surface area contributed by atoms with Gasteiger partial charge in [0.05, 0.1) is 5.69 Å². The first-order chi connectivity index (χ1) is 9.20. The van der Waals surface area contributed by atoms with Gasteiger partial charge in [-0.05, 0) is 57.3 Å². The minimum atomic E-state index is 0.564. The normalized spacial score (nSPS) is 22.4. The maximum Gasteiger partial charge on any atom is 0.0573 e. The summed E-state index contributed by atoms with van der Waals surface area (Å²) in [5, 5.41) is 3.67. The molecule has 1 fully saturated rings. The number of nitrogens with zero attached hydrogens (tertiary/aromatic N) is 2. The predicted octanol–water partition coefficient (Wildman–Crippen LogP) is 2.46. The fourth-order valence-corrected chi connectivity index (χ4v) is 2.99. The summed E-state index contributed by atoms with van der Waals surface area (Å²) in [5.74, 6) is 0.771. The van der Waals surface area contributed by atoms with Gasteiger partial charge in [-0.1, -0.05) is 13.0 Å². The predicted molar refractivity (Wildman–Crippen MR) is 80.1 cm³/mol. The van der Waals surface area contributed by atoms with Gasteiger partial charge in [-0.25, -0.2) is 0 Å². The van der Waals surface area contributed by atoms with Crippen LogP contribution in [0.2, 0.25) is 0 Å². The average Bonchev–Trinajstić information content (AvgIpc) is 2.45. The smallest absolute Gasteiger partial charge is 0.0573 e. The van der Waals surface area contributed by atoms with Crippen LogP contribution < -0.4 is 5.32 Å². The molecule has 1 saturated heterocycles. The molecule has 0 bridgehead atoms. The number of piperidine rings is 1. The van der Waals surface area contributed by atoms with E-state index < -0.39 is 0 Å². The Labute approximate surface area is 117 Å². The molecule has 0 aromatic carbocycles. The van der Waals surface area contributed by atoms with Gasteiger partial charge in [0.15, 0.2) is 0 Å². The van der Waals surface area contributed by atoms with E-state index in [0.717, 1.165) is 18.9 Å². The third-order valence-electron chi connectivity index (χ3n) is 4.32. The molecule has 1 aromatic heterocycles. The van der Waals surface area contributed by atoms with E-state index in [1.807, 2.05) is 12.3 Å². The maximum absolute atomic E-state index is 4.51. The van der Waals surface area contributed by atoms with Crippen molar-refractivity contribution in [2.24, 2.45) is 5.92 Å². The zero-order chi connectivity index (χ0) is 13.7. The number of rotatable bonds is 5. The van der Waals surface area contributed by atoms with Gasteiger partial charge < -0.3 is 10.2 Å². The quantitative estimate of drug-likeness (QED) is 0.882. The van der Waals surface area contributed by atoms with Crippen molar-refractivity contribution in [2.75, 3.05) is 20.1 Å². The van der Waals surface area contributed by atoms with Gasteiger partial charge in [0.1, 0.15) is 0 Å². The third kappa shape index (κ3) is 4.02. The van der Waals surface area contributed by atoms with Gasteiger partial charge in [0.2, 0.25) is 0 Å². The van der Waals surface area contributed by atoms with Crippen molar-refractivity contribution < 1.29 is 0 Å². The van der Waals surface area contributed by atoms with E-state index in [1.165, 1.54) is 37.2 Å². The maximum atomic E-state index is 4.51. The highest BCUT2D eigenvalue weighted by Crippen LogP contribution is 2.19. The summed E-state index contributed by atoms with van der Waals surface area (Å²) in [6.45, 7) is 7.88. The van der Waals surface area contributed by atoms with E-state index >= 15 is 0 Å². The number of aryl methyl sites for hydroxylation is 1. The lowest BCUT2D eigenvalue weighted by Crippen LogP contribution is -2.42. The fraction of sp³-hybridized carbons (Fsp3) is 0.688. The second-order valence-corrected chi connectivity index (χ2v) is 5.80. The van der Waals surface area contributed by atoms with Crippen molar-refractivity contribution in [3.63, 3.8) is 0 Å². The van der Waals surface area contributed by atoms with E-state index in [4.69, 9.17) is 0 Å². The van der Waals surface area contributed by atoms with Crippen molar-refractivity contribution in [2.45, 2.75) is 45.7 Å². The summed E-state index contributed by atoms with van der Waals surface area (Å²) >= 11 is 0. The fourth-order valence-electron chi connectivity index (χ4n) is 2.99. The molecule has 106 valence electrons. The highest BCUT2D eigenvalue weighted by molar-refractivity contribution is 5.19. The van der Waals surface area contributed by atoms with Gasteiger partial charge in [0.25, 0.3) is 0 Å². The minimum absolute atomic E-state index is 0.564. The van der Waals surface area contributed by atoms with Crippen molar-refractivity contribution in [1.29, 1.82) is 0 Å². The first-order valence-electron chi connectivity index (χ1n) is 7.55. The van der Waals surface area contributed by atoms with Crippen LogP contribution in [0.3, 0.4) is 0 Å². The molecule has 2 heterocycles. The molecule has 1 N–H and O–H groups in total. The summed E-state index contributed by atoms with van der Waals surface area (Å²) in [5.41, 5.74) is 2.57. The van der Waals surface area contributed by atoms with E-state index in [0.29, 0.717) is 6.04 Å². The largest absolute Gasteiger partial charge is 0.308 e. The topological polar surface area (TPSA) is 28.2 Å². The van der Waals surface area contributed by atoms with Gasteiger partial charge in [0, 0.05) is 25.3 Å². The highest BCUT2D eigenvalue weighted by atomic mass is 15.1. The van der Waals surface area contributed by atoms with E-state index in [-0.39, 0.29) is 0 Å². The third-order valence-corrected chi connectivity index (χ3v) is 4.32. The molecule has 2 rings (SSSR count). The monoisotopic (exact) mass is 261 g/mol. The number of nitrogens with one attached hydrogen (secondary N) is 1. The van der Waals surface area contributed by atoms with Crippen LogP contribution in [0.5, 0.6) is 0 Å². The molecule has 0 saturated carbocycles. The Kier molecular flexibility index (Phi) is 5.34. The molecule has 0 aliphatic carbocycles. The molecule has 0 radical (unpaired) electrons. The van der Waals surface area contributed by atoms with E-state index in [2.05, 4.69) is 42.2 Å². The Morgan fingerprint density at radius 3 is 3.11 bits per heavy atom. The van der Waals surface area contributed by atoms with Gasteiger partial charge >= 0.3 is 0 Å². The molecule has 3 nitrogen and oxygen atoms in total. The van der Waals surface area contributed by atoms with Crippen LogP contribution in [0, 0.1) is 5.92 Å². The van der Waals surface area contributed by atoms with Crippen LogP contribution in [0.1, 0.15) is 37.9 Å². The minimum Gasteiger partial charge on any atom is -0.308 e. The SMILES string of the molecule is CCc1cccnc1CNC(C)C1CCCN(C)C1. The van der Waals surface area contributed by atoms with Crippen molar-refractivity contribution in [3.05, 3.63) is 29.6 Å². The van der Waals surface area contributed by atoms with Crippen molar-refractivity contribution in [3.8, 4) is 0 Å². The molecule has 0 amide bonds. The molecular formula is C16H27N3. The molecular weight excluding hydrogens is 234 g/mol. The number of hydrogen-bond donors (Lipinski definition) is 1. The zero-order valence-corrected chi connectivity index (χ0v) is 12.5. The van der Waals surface area contributed by atoms with E-state index in [1.54, 1.807) is 0 Å². The standard InChI is InChI=1S/C16H27N3/c1-4-14-7-5-9-17-16(14)11-18-13(2)15-8-6-10-19(3)12-15/h5,7,9,13,15,18H,4,6,8,10-12H2,1-3H3. The van der Waals surface area contributed by atoms with Gasteiger partial charge in [-0.15, -0.1) is 0 Å². The number of hydrogen-bond acceptors (Lipinski definition) is 3. The molecule has 1 aromatic rings. The molecule has 3 heteroatoms. The molecule has 2 unspecified atom stereocenters. The second-order valence-electron chi connectivity index (χ2n) is 5.80. The summed E-state index contributed by atoms with van der Waals surface area (Å²) in [6.07, 6.45) is 5.64. The Morgan fingerprint density at radius 1 is 1.53 bits per heavy atom. The Bertz CT molecular complexity index is 391. The lowest BCUT2D eigenvalue weighted by molar-refractivity contribution is 0.178. The highest BCUT2D eigenvalue weighted by Gasteiger charge is 2.22. The molecule has 1 aliphatic rings. The Morgan fingerprint density at radius 2 is 2.37 bits per heavy atom. The van der Waals surface area contributed by atoms with Crippen LogP contribution in [0.4, 0.5) is 0 Å². The van der Waals surface area contributed by atoms with Gasteiger partial charge in [-0.3, -0.25) is 4.98 Å². The summed E-state index contributed by atoms with van der Waals surface area (Å²) < 4.78 is 0. The van der Waals surface area contributed by atoms with Crippen molar-refractivity contribution >= 4 is 0 Å². The Balaban J connectivity index is 1.87.